The van der Waals surface area contributed by atoms with Gasteiger partial charge in [-0.05, 0) is 25.7 Å². The second-order valence-electron chi connectivity index (χ2n) is 5.37. The Kier molecular flexibility index (Phi) is 7.88. The van der Waals surface area contributed by atoms with Gasteiger partial charge in [0, 0.05) is 5.56 Å². The van der Waals surface area contributed by atoms with Crippen LogP contribution >= 0.6 is 0 Å². The minimum Gasteiger partial charge on any atom is -0.496 e. The van der Waals surface area contributed by atoms with Crippen LogP contribution in [0.25, 0.3) is 5.76 Å². The quantitative estimate of drug-likeness (QED) is 0.389. The van der Waals surface area contributed by atoms with Crippen LogP contribution in [0.3, 0.4) is 0 Å². The van der Waals surface area contributed by atoms with Gasteiger partial charge in [-0.2, -0.15) is 0 Å². The molecular weight excluding hydrogens is 296 g/mol. The van der Waals surface area contributed by atoms with E-state index in [0.717, 1.165) is 5.56 Å². The summed E-state index contributed by atoms with van der Waals surface area (Å²) in [4.78, 5) is 22.5. The van der Waals surface area contributed by atoms with E-state index in [2.05, 4.69) is 0 Å². The van der Waals surface area contributed by atoms with Gasteiger partial charge in [0.1, 0.15) is 5.76 Å². The van der Waals surface area contributed by atoms with Gasteiger partial charge in [0.05, 0.1) is 18.6 Å². The van der Waals surface area contributed by atoms with Gasteiger partial charge in [0.25, 0.3) is 0 Å². The van der Waals surface area contributed by atoms with Gasteiger partial charge in [-0.25, -0.2) is 4.79 Å². The number of benzene rings is 1. The number of aliphatic carboxylic acids is 2. The Labute approximate surface area is 136 Å². The SMILES string of the molecule is CCC(CCCCC(C(=O)O)=C(OC)c1ccccc1)C(=O)O. The Bertz CT molecular complexity index is 548. The van der Waals surface area contributed by atoms with Crippen molar-refractivity contribution in [1.29, 1.82) is 0 Å². The fourth-order valence-electron chi connectivity index (χ4n) is 2.52. The Morgan fingerprint density at radius 3 is 2.26 bits per heavy atom. The van der Waals surface area contributed by atoms with E-state index >= 15 is 0 Å². The summed E-state index contributed by atoms with van der Waals surface area (Å²) < 4.78 is 5.30. The van der Waals surface area contributed by atoms with Crippen molar-refractivity contribution >= 4 is 17.7 Å². The molecule has 23 heavy (non-hydrogen) atoms. The van der Waals surface area contributed by atoms with E-state index in [9.17, 15) is 14.7 Å². The molecule has 0 aliphatic carbocycles. The zero-order valence-corrected chi connectivity index (χ0v) is 13.6. The highest BCUT2D eigenvalue weighted by molar-refractivity contribution is 5.94. The lowest BCUT2D eigenvalue weighted by molar-refractivity contribution is -0.142. The third-order valence-electron chi connectivity index (χ3n) is 3.84. The molecular formula is C18H24O5. The number of carbonyl (C=O) groups is 2. The molecule has 0 radical (unpaired) electrons. The number of rotatable bonds is 10. The number of unbranched alkanes of at least 4 members (excludes halogenated alkanes) is 1. The maximum absolute atomic E-state index is 11.5. The van der Waals surface area contributed by atoms with E-state index in [0.29, 0.717) is 37.9 Å². The van der Waals surface area contributed by atoms with Gasteiger partial charge in [0.2, 0.25) is 0 Å². The molecule has 0 spiro atoms. The van der Waals surface area contributed by atoms with E-state index in [-0.39, 0.29) is 11.5 Å². The van der Waals surface area contributed by atoms with Crippen molar-refractivity contribution in [3.8, 4) is 0 Å². The molecule has 126 valence electrons. The monoisotopic (exact) mass is 320 g/mol. The van der Waals surface area contributed by atoms with Crippen molar-refractivity contribution in [2.45, 2.75) is 39.0 Å². The molecule has 0 amide bonds. The molecule has 1 aromatic carbocycles. The molecule has 0 bridgehead atoms. The van der Waals surface area contributed by atoms with Gasteiger partial charge in [-0.3, -0.25) is 4.79 Å². The average Bonchev–Trinajstić information content (AvgIpc) is 2.54. The summed E-state index contributed by atoms with van der Waals surface area (Å²) in [5.41, 5.74) is 0.950. The summed E-state index contributed by atoms with van der Waals surface area (Å²) in [5.74, 6) is -1.79. The molecule has 0 aliphatic rings. The van der Waals surface area contributed by atoms with Gasteiger partial charge in [-0.15, -0.1) is 0 Å². The first-order valence-electron chi connectivity index (χ1n) is 7.79. The summed E-state index contributed by atoms with van der Waals surface area (Å²) in [7, 11) is 1.46. The van der Waals surface area contributed by atoms with E-state index in [1.54, 1.807) is 12.1 Å². The second kappa shape index (κ2) is 9.66. The third kappa shape index (κ3) is 5.77. The average molecular weight is 320 g/mol. The van der Waals surface area contributed by atoms with Crippen LogP contribution in [0.2, 0.25) is 0 Å². The lowest BCUT2D eigenvalue weighted by Crippen LogP contribution is -2.12. The summed E-state index contributed by atoms with van der Waals surface area (Å²) in [6, 6.07) is 9.12. The fraction of sp³-hybridized carbons (Fsp3) is 0.444. The van der Waals surface area contributed by atoms with Crippen molar-refractivity contribution in [2.75, 3.05) is 7.11 Å². The predicted octanol–water partition coefficient (Wildman–Crippen LogP) is 3.80. The molecule has 1 aromatic rings. The van der Waals surface area contributed by atoms with Gasteiger partial charge in [-0.1, -0.05) is 43.7 Å². The number of carboxylic acids is 2. The summed E-state index contributed by atoms with van der Waals surface area (Å²) in [5, 5.41) is 18.5. The Morgan fingerprint density at radius 1 is 1.13 bits per heavy atom. The molecule has 0 heterocycles. The van der Waals surface area contributed by atoms with Crippen LogP contribution in [-0.2, 0) is 14.3 Å². The summed E-state index contributed by atoms with van der Waals surface area (Å²) in [6.45, 7) is 1.85. The molecule has 1 rings (SSSR count). The minimum absolute atomic E-state index is 0.224. The van der Waals surface area contributed by atoms with Gasteiger partial charge in [0.15, 0.2) is 0 Å². The van der Waals surface area contributed by atoms with Crippen LogP contribution in [0.1, 0.15) is 44.6 Å². The molecule has 5 nitrogen and oxygen atoms in total. The topological polar surface area (TPSA) is 83.8 Å². The van der Waals surface area contributed by atoms with Gasteiger partial charge >= 0.3 is 11.9 Å². The van der Waals surface area contributed by atoms with Crippen LogP contribution in [0.4, 0.5) is 0 Å². The zero-order valence-electron chi connectivity index (χ0n) is 13.6. The normalized spacial score (nSPS) is 13.1. The van der Waals surface area contributed by atoms with Crippen LogP contribution in [-0.4, -0.2) is 29.3 Å². The lowest BCUT2D eigenvalue weighted by atomic mass is 9.96. The zero-order chi connectivity index (χ0) is 17.2. The smallest absolute Gasteiger partial charge is 0.335 e. The van der Waals surface area contributed by atoms with E-state index in [1.165, 1.54) is 7.11 Å². The Morgan fingerprint density at radius 2 is 1.78 bits per heavy atom. The number of carboxylic acid groups (broad SMARTS) is 2. The highest BCUT2D eigenvalue weighted by Crippen LogP contribution is 2.24. The first-order valence-corrected chi connectivity index (χ1v) is 7.79. The Hall–Kier alpha value is -2.30. The molecule has 0 aliphatic heterocycles. The number of methoxy groups -OCH3 is 1. The number of hydrogen-bond donors (Lipinski definition) is 2. The van der Waals surface area contributed by atoms with E-state index in [1.807, 2.05) is 25.1 Å². The van der Waals surface area contributed by atoms with Gasteiger partial charge < -0.3 is 14.9 Å². The number of hydrogen-bond acceptors (Lipinski definition) is 3. The first kappa shape index (κ1) is 18.7. The second-order valence-corrected chi connectivity index (χ2v) is 5.37. The highest BCUT2D eigenvalue weighted by atomic mass is 16.5. The molecule has 2 N–H and O–H groups in total. The van der Waals surface area contributed by atoms with Crippen LogP contribution in [0.5, 0.6) is 0 Å². The van der Waals surface area contributed by atoms with Crippen LogP contribution in [0.15, 0.2) is 35.9 Å². The lowest BCUT2D eigenvalue weighted by Gasteiger charge is -2.13. The summed E-state index contributed by atoms with van der Waals surface area (Å²) >= 11 is 0. The number of ether oxygens (including phenoxy) is 1. The van der Waals surface area contributed by atoms with E-state index < -0.39 is 11.9 Å². The van der Waals surface area contributed by atoms with Crippen molar-refractivity contribution in [2.24, 2.45) is 5.92 Å². The standard InChI is InChI=1S/C18H24O5/c1-3-13(17(19)20)9-7-8-12-15(18(21)22)16(23-2)14-10-5-4-6-11-14/h4-6,10-11,13H,3,7-9,12H2,1-2H3,(H,19,20)(H,21,22). The highest BCUT2D eigenvalue weighted by Gasteiger charge is 2.18. The predicted molar refractivity (Wildman–Crippen MR) is 87.9 cm³/mol. The molecule has 0 fully saturated rings. The third-order valence-corrected chi connectivity index (χ3v) is 3.84. The molecule has 0 saturated heterocycles. The maximum Gasteiger partial charge on any atom is 0.335 e. The maximum atomic E-state index is 11.5. The van der Waals surface area contributed by atoms with Crippen molar-refractivity contribution < 1.29 is 24.5 Å². The molecule has 0 saturated carbocycles. The van der Waals surface area contributed by atoms with Crippen LogP contribution < -0.4 is 0 Å². The molecule has 1 unspecified atom stereocenters. The summed E-state index contributed by atoms with van der Waals surface area (Å²) in [6.07, 6.45) is 2.79. The Balaban J connectivity index is 2.77. The molecule has 5 heteroatoms. The van der Waals surface area contributed by atoms with Crippen molar-refractivity contribution in [3.63, 3.8) is 0 Å². The van der Waals surface area contributed by atoms with Crippen LogP contribution in [0, 0.1) is 5.92 Å². The first-order chi connectivity index (χ1) is 11.0. The fourth-order valence-corrected chi connectivity index (χ4v) is 2.52. The van der Waals surface area contributed by atoms with E-state index in [4.69, 9.17) is 9.84 Å². The molecule has 1 atom stereocenters. The van der Waals surface area contributed by atoms with Crippen molar-refractivity contribution in [3.05, 3.63) is 41.5 Å². The molecule has 0 aromatic heterocycles. The minimum atomic E-state index is -1.00. The largest absolute Gasteiger partial charge is 0.496 e. The van der Waals surface area contributed by atoms with Crippen molar-refractivity contribution in [1.82, 2.24) is 0 Å².